The highest BCUT2D eigenvalue weighted by Crippen LogP contribution is 2.38. The number of nitrogens with one attached hydrogen (secondary N) is 2. The van der Waals surface area contributed by atoms with Crippen molar-refractivity contribution in [2.24, 2.45) is 0 Å². The predicted octanol–water partition coefficient (Wildman–Crippen LogP) is 5.99. The van der Waals surface area contributed by atoms with Crippen LogP contribution in [0.5, 0.6) is 0 Å². The number of likely N-dealkylation sites (N-methyl/N-ethyl adjacent to an activating group) is 2. The van der Waals surface area contributed by atoms with Crippen molar-refractivity contribution in [1.82, 2.24) is 24.6 Å². The zero-order chi connectivity index (χ0) is 33.4. The Morgan fingerprint density at radius 3 is 2.35 bits per heavy atom. The summed E-state index contributed by atoms with van der Waals surface area (Å²) in [5, 5.41) is 6.37. The lowest BCUT2D eigenvalue weighted by Crippen LogP contribution is -2.63. The normalized spacial score (nSPS) is 17.7. The lowest BCUT2D eigenvalue weighted by molar-refractivity contribution is -0.144. The zero-order valence-electron chi connectivity index (χ0n) is 28.4. The fourth-order valence-corrected chi connectivity index (χ4v) is 7.02. The number of carbonyl (C=O) groups is 3. The molecule has 2 aromatic heterocycles. The molecule has 4 amide bonds. The molecule has 2 fully saturated rings. The second kappa shape index (κ2) is 13.1. The van der Waals surface area contributed by atoms with Crippen molar-refractivity contribution < 1.29 is 17.2 Å². The average molecular weight is 650 g/mol. The molecule has 2 aliphatic rings. The molecule has 0 unspecified atom stereocenters. The van der Waals surface area contributed by atoms with Gasteiger partial charge in [-0.3, -0.25) is 24.8 Å². The van der Waals surface area contributed by atoms with Gasteiger partial charge in [0.1, 0.15) is 10.5 Å². The molecule has 2 N–H and O–H groups in total. The first-order valence-electron chi connectivity index (χ1n) is 15.9. The van der Waals surface area contributed by atoms with Gasteiger partial charge < -0.3 is 20.0 Å². The van der Waals surface area contributed by atoms with Gasteiger partial charge in [0.15, 0.2) is 0 Å². The largest absolute Gasteiger partial charge is 0.342 e. The van der Waals surface area contributed by atoms with Crippen molar-refractivity contribution in [2.45, 2.75) is 59.0 Å². The molecule has 250 valence electrons. The van der Waals surface area contributed by atoms with Crippen LogP contribution >= 0.6 is 11.3 Å². The molecule has 1 aromatic carbocycles. The summed E-state index contributed by atoms with van der Waals surface area (Å²) in [5.74, 6) is -0.379. The number of thiophene rings is 1. The third-order valence-electron chi connectivity index (χ3n) is 8.99. The van der Waals surface area contributed by atoms with Crippen molar-refractivity contribution in [3.05, 3.63) is 64.3 Å². The lowest BCUT2D eigenvalue weighted by atomic mass is 9.93. The van der Waals surface area contributed by atoms with E-state index < -0.39 is 11.6 Å². The summed E-state index contributed by atoms with van der Waals surface area (Å²) in [6, 6.07) is 11.4. The van der Waals surface area contributed by atoms with Crippen molar-refractivity contribution >= 4 is 39.9 Å². The van der Waals surface area contributed by atoms with Crippen LogP contribution in [0.3, 0.4) is 0 Å². The number of hydrogen-bond donors (Lipinski definition) is 2. The number of carbonyl (C=O) groups excluding carboxylic acids is 3. The number of aromatic nitrogens is 1. The van der Waals surface area contributed by atoms with Gasteiger partial charge in [0.2, 0.25) is 5.91 Å². The maximum Gasteiger partial charge on any atom is 0.324 e. The maximum absolute atomic E-state index is 13.9. The van der Waals surface area contributed by atoms with E-state index in [0.29, 0.717) is 29.3 Å². The summed E-state index contributed by atoms with van der Waals surface area (Å²) in [6.45, 7) is 17.7. The number of pyridine rings is 1. The van der Waals surface area contributed by atoms with E-state index in [1.807, 2.05) is 37.4 Å². The van der Waals surface area contributed by atoms with Gasteiger partial charge in [-0.2, -0.15) is 0 Å². The van der Waals surface area contributed by atoms with Crippen LogP contribution in [-0.4, -0.2) is 101 Å². The van der Waals surface area contributed by atoms with E-state index in [4.69, 9.17) is 4.98 Å². The topological polar surface area (TPSA) is 101 Å². The van der Waals surface area contributed by atoms with Crippen molar-refractivity contribution in [1.29, 1.82) is 0 Å². The number of rotatable bonds is 6. The van der Waals surface area contributed by atoms with E-state index in [2.05, 4.69) is 60.4 Å². The van der Waals surface area contributed by atoms with Crippen molar-refractivity contribution in [3.8, 4) is 11.1 Å². The van der Waals surface area contributed by atoms with Crippen LogP contribution in [0.15, 0.2) is 42.6 Å². The highest BCUT2D eigenvalue weighted by atomic mass is 32.1. The molecule has 0 spiro atoms. The summed E-state index contributed by atoms with van der Waals surface area (Å²) in [4.78, 5) is 54.0. The molecule has 5 rings (SSSR count). The fourth-order valence-electron chi connectivity index (χ4n) is 5.92. The van der Waals surface area contributed by atoms with E-state index in [-0.39, 0.29) is 20.1 Å². The van der Waals surface area contributed by atoms with Crippen molar-refractivity contribution in [3.63, 3.8) is 0 Å². The van der Waals surface area contributed by atoms with Gasteiger partial charge in [0, 0.05) is 78.0 Å². The van der Waals surface area contributed by atoms with E-state index >= 15 is 0 Å². The van der Waals surface area contributed by atoms with Crippen molar-refractivity contribution in [2.75, 3.05) is 64.0 Å². The Balaban J connectivity index is 0.00000312. The molecular weight excluding hydrogens is 598 g/mol. The molecule has 0 saturated carbocycles. The smallest absolute Gasteiger partial charge is 0.324 e. The number of piperazine rings is 2. The first-order chi connectivity index (χ1) is 21.6. The van der Waals surface area contributed by atoms with E-state index in [0.717, 1.165) is 60.0 Å². The average Bonchev–Trinajstić information content (AvgIpc) is 3.43. The first-order valence-corrected chi connectivity index (χ1v) is 16.7. The number of urea groups is 1. The van der Waals surface area contributed by atoms with Crippen LogP contribution in [0.25, 0.3) is 11.1 Å². The molecular formula is C35H51N7O3S. The Morgan fingerprint density at radius 1 is 0.978 bits per heavy atom. The second-order valence-corrected chi connectivity index (χ2v) is 15.1. The molecule has 0 bridgehead atoms. The van der Waals surface area contributed by atoms with Crippen LogP contribution in [0.2, 0.25) is 0 Å². The van der Waals surface area contributed by atoms with Gasteiger partial charge in [-0.05, 0) is 68.6 Å². The van der Waals surface area contributed by atoms with Crippen LogP contribution in [0, 0.1) is 6.92 Å². The fraction of sp³-hybridized carbons (Fsp3) is 0.486. The Morgan fingerprint density at radius 2 is 1.70 bits per heavy atom. The predicted molar refractivity (Wildman–Crippen MR) is 190 cm³/mol. The number of nitrogens with zero attached hydrogens (tertiary/aromatic N) is 5. The minimum absolute atomic E-state index is 0. The van der Waals surface area contributed by atoms with Gasteiger partial charge in [-0.1, -0.05) is 32.9 Å². The summed E-state index contributed by atoms with van der Waals surface area (Å²) in [6.07, 6.45) is 1.90. The highest BCUT2D eigenvalue weighted by Gasteiger charge is 2.44. The highest BCUT2D eigenvalue weighted by molar-refractivity contribution is 7.16. The summed E-state index contributed by atoms with van der Waals surface area (Å²) in [7, 11) is 3.91. The zero-order valence-corrected chi connectivity index (χ0v) is 29.2. The number of benzene rings is 1. The Kier molecular flexibility index (Phi) is 9.58. The Labute approximate surface area is 279 Å². The second-order valence-electron chi connectivity index (χ2n) is 14.1. The molecule has 3 aromatic rings. The third-order valence-corrected chi connectivity index (χ3v) is 10.5. The van der Waals surface area contributed by atoms with Gasteiger partial charge in [0.25, 0.3) is 5.91 Å². The molecule has 2 aliphatic heterocycles. The molecule has 10 nitrogen and oxygen atoms in total. The molecule has 0 atom stereocenters. The van der Waals surface area contributed by atoms with Crippen LogP contribution in [0.1, 0.15) is 64.0 Å². The number of aryl methyl sites for hydroxylation is 1. The lowest BCUT2D eigenvalue weighted by Gasteiger charge is -2.44. The summed E-state index contributed by atoms with van der Waals surface area (Å²) in [5.41, 5.74) is 3.88. The molecule has 4 heterocycles. The monoisotopic (exact) mass is 649 g/mol. The Bertz CT molecular complexity index is 1610. The van der Waals surface area contributed by atoms with Gasteiger partial charge in [-0.15, -0.1) is 11.3 Å². The molecule has 2 saturated heterocycles. The molecule has 0 aliphatic carbocycles. The molecule has 11 heteroatoms. The number of hydrogen-bond acceptors (Lipinski definition) is 7. The quantitative estimate of drug-likeness (QED) is 0.340. The van der Waals surface area contributed by atoms with Gasteiger partial charge >= 0.3 is 6.03 Å². The van der Waals surface area contributed by atoms with E-state index in [9.17, 15) is 14.4 Å². The van der Waals surface area contributed by atoms with Gasteiger partial charge in [0.05, 0.1) is 11.3 Å². The molecule has 46 heavy (non-hydrogen) atoms. The number of amides is 4. The number of anilines is 2. The minimum atomic E-state index is -0.997. The first kappa shape index (κ1) is 33.6. The Hall–Kier alpha value is -3.80. The van der Waals surface area contributed by atoms with Gasteiger partial charge in [-0.25, -0.2) is 4.79 Å². The summed E-state index contributed by atoms with van der Waals surface area (Å²) >= 11 is 1.39. The van der Waals surface area contributed by atoms with Crippen LogP contribution in [0.4, 0.5) is 15.5 Å². The SMILES string of the molecule is Cc1ccc(NC(=O)Nc2sc(C(C)(C)C)cc2C(=O)N2CCN(C)C(=O)C2(C)C)cc1-c1ccc(CN2CCN(C)CC2)nc1.[HH].[HH]. The molecule has 0 radical (unpaired) electrons. The standard InChI is InChI=1S/C35H47N7O3S.2H2/c1-23-9-11-25(19-27(23)24-10-12-26(36-21-24)22-41-16-13-39(7)14-17-41)37-33(45)38-30-28(20-29(46-30)34(2,3)4)31(43)42-18-15-40(8)32(44)35(42,5)6;;/h9-12,19-21H,13-18,22H2,1-8H3,(H2,37,38,45);2*1H. The van der Waals surface area contributed by atoms with Crippen LogP contribution in [-0.2, 0) is 16.8 Å². The minimum Gasteiger partial charge on any atom is -0.342 e. The van der Waals surface area contributed by atoms with E-state index in [1.54, 1.807) is 30.7 Å². The van der Waals surface area contributed by atoms with Crippen LogP contribution < -0.4 is 10.6 Å². The maximum atomic E-state index is 13.9. The van der Waals surface area contributed by atoms with E-state index in [1.165, 1.54) is 11.3 Å². The third kappa shape index (κ3) is 7.27. The summed E-state index contributed by atoms with van der Waals surface area (Å²) < 4.78 is 0.